The molecule has 6 rings (SSSR count). The molecule has 0 bridgehead atoms. The molecule has 0 aromatic heterocycles. The Kier molecular flexibility index (Phi) is 16.5. The monoisotopic (exact) mass is 708 g/mol. The normalized spacial score (nSPS) is 10.5. The first-order chi connectivity index (χ1) is 21.6. The van der Waals surface area contributed by atoms with E-state index in [9.17, 15) is 0 Å². The van der Waals surface area contributed by atoms with Crippen molar-refractivity contribution in [2.75, 3.05) is 0 Å². The van der Waals surface area contributed by atoms with Crippen LogP contribution in [0.4, 0.5) is 0 Å². The molecule has 4 heteroatoms. The van der Waals surface area contributed by atoms with Crippen LogP contribution >= 0.6 is 17.0 Å². The van der Waals surface area contributed by atoms with Crippen LogP contribution in [0.2, 0.25) is 13.1 Å². The van der Waals surface area contributed by atoms with Crippen LogP contribution in [0.3, 0.4) is 0 Å². The molecular weight excluding hydrogens is 671 g/mol. The third-order valence-electron chi connectivity index (χ3n) is 7.01. The quantitative estimate of drug-likeness (QED) is 0.0917. The fourth-order valence-corrected chi connectivity index (χ4v) is 4.84. The Morgan fingerprint density at radius 2 is 0.932 bits per heavy atom. The summed E-state index contributed by atoms with van der Waals surface area (Å²) in [5.74, 6) is 0. The summed E-state index contributed by atoms with van der Waals surface area (Å²) >= 11 is -0.826. The third kappa shape index (κ3) is 11.3. The van der Waals surface area contributed by atoms with Gasteiger partial charge in [-0.1, -0.05) is 135 Å². The zero-order valence-corrected chi connectivity index (χ0v) is 31.0. The van der Waals surface area contributed by atoms with Crippen molar-refractivity contribution in [2.45, 2.75) is 39.8 Å². The second-order valence-corrected chi connectivity index (χ2v) is 14.9. The maximum atomic E-state index is 4.93. The molecule has 0 heterocycles. The van der Waals surface area contributed by atoms with Crippen LogP contribution in [0.1, 0.15) is 47.2 Å². The molecule has 6 aromatic rings. The Morgan fingerprint density at radius 1 is 0.568 bits per heavy atom. The van der Waals surface area contributed by atoms with Crippen molar-refractivity contribution < 1.29 is 20.8 Å². The summed E-state index contributed by atoms with van der Waals surface area (Å²) in [6.45, 7) is 8.71. The van der Waals surface area contributed by atoms with E-state index in [1.165, 1.54) is 54.9 Å². The average molecular weight is 711 g/mol. The first-order valence-electron chi connectivity index (χ1n) is 14.9. The average Bonchev–Trinajstić information content (AvgIpc) is 3.70. The van der Waals surface area contributed by atoms with Crippen molar-refractivity contribution in [1.82, 2.24) is 0 Å². The van der Waals surface area contributed by atoms with Gasteiger partial charge in [0.1, 0.15) is 0 Å². The molecule has 0 atom stereocenters. The number of hydrogen-bond acceptors (Lipinski definition) is 0. The molecule has 0 fully saturated rings. The Morgan fingerprint density at radius 3 is 1.27 bits per heavy atom. The van der Waals surface area contributed by atoms with Crippen molar-refractivity contribution in [3.63, 3.8) is 0 Å². The minimum absolute atomic E-state index is 0.826. The molecule has 44 heavy (non-hydrogen) atoms. The number of aryl methyl sites for hydroxylation is 2. The first kappa shape index (κ1) is 35.7. The number of halogens is 2. The Bertz CT molecular complexity index is 1580. The molecule has 0 spiro atoms. The second kappa shape index (κ2) is 20.3. The van der Waals surface area contributed by atoms with E-state index in [4.69, 9.17) is 17.0 Å². The van der Waals surface area contributed by atoms with E-state index in [1.54, 1.807) is 0 Å². The molecule has 0 nitrogen and oxygen atoms in total. The molecule has 0 saturated carbocycles. The molecule has 222 valence electrons. The van der Waals surface area contributed by atoms with E-state index in [1.807, 2.05) is 12.1 Å². The summed E-state index contributed by atoms with van der Waals surface area (Å²) in [5, 5.41) is 5.39. The van der Waals surface area contributed by atoms with E-state index in [-0.39, 0.29) is 0 Å². The van der Waals surface area contributed by atoms with Crippen molar-refractivity contribution in [2.24, 2.45) is 0 Å². The number of benzene rings is 4. The van der Waals surface area contributed by atoms with Crippen molar-refractivity contribution >= 4 is 72.4 Å². The molecule has 0 N–H and O–H groups in total. The fraction of sp³-hybridized carbons (Fsp3) is 0.150. The van der Waals surface area contributed by atoms with Gasteiger partial charge in [0.2, 0.25) is 0 Å². The predicted molar refractivity (Wildman–Crippen MR) is 198 cm³/mol. The van der Waals surface area contributed by atoms with Crippen molar-refractivity contribution in [1.29, 1.82) is 0 Å². The third-order valence-corrected chi connectivity index (χ3v) is 7.01. The van der Waals surface area contributed by atoms with Gasteiger partial charge in [0.05, 0.1) is 0 Å². The van der Waals surface area contributed by atoms with Gasteiger partial charge in [0.15, 0.2) is 0 Å². The van der Waals surface area contributed by atoms with Crippen LogP contribution in [0, 0.1) is 0 Å². The second-order valence-electron chi connectivity index (χ2n) is 10.2. The fourth-order valence-electron chi connectivity index (χ4n) is 4.84. The van der Waals surface area contributed by atoms with E-state index < -0.39 is 20.8 Å². The minimum atomic E-state index is -0.826. The Balaban J connectivity index is 0.000000204. The number of hydrogen-bond donors (Lipinski definition) is 0. The Hall–Kier alpha value is -2.74. The number of rotatable bonds is 6. The molecule has 0 unspecified atom stereocenters. The molecule has 0 aliphatic rings. The van der Waals surface area contributed by atoms with E-state index in [0.29, 0.717) is 0 Å². The molecule has 0 saturated heterocycles. The van der Waals surface area contributed by atoms with Gasteiger partial charge in [-0.15, -0.1) is 69.1 Å². The summed E-state index contributed by atoms with van der Waals surface area (Å²) < 4.78 is 0. The van der Waals surface area contributed by atoms with E-state index in [2.05, 4.69) is 160 Å². The Labute approximate surface area is 285 Å². The van der Waals surface area contributed by atoms with Crippen molar-refractivity contribution in [3.05, 3.63) is 155 Å². The van der Waals surface area contributed by atoms with Crippen LogP contribution in [0.15, 0.2) is 121 Å². The van der Waals surface area contributed by atoms with Gasteiger partial charge in [-0.3, -0.25) is 0 Å². The van der Waals surface area contributed by atoms with Crippen LogP contribution in [0.5, 0.6) is 0 Å². The van der Waals surface area contributed by atoms with Gasteiger partial charge in [-0.05, 0) is 24.0 Å². The summed E-state index contributed by atoms with van der Waals surface area (Å²) in [7, 11) is 11.0. The summed E-state index contributed by atoms with van der Waals surface area (Å²) in [4.78, 5) is 0. The van der Waals surface area contributed by atoms with Gasteiger partial charge in [0.25, 0.3) is 0 Å². The van der Waals surface area contributed by atoms with Crippen LogP contribution < -0.4 is 0 Å². The SMILES string of the molecule is CCc1cc2c(C=Cc3ccccc3)cccc2[cH-]1.CCc1cc2c(C=Cc3ccccc3)cccc2[cH-]1.C[Si]C.[Cl][Zr+2][Cl]. The summed E-state index contributed by atoms with van der Waals surface area (Å²) in [6, 6.07) is 43.0. The molecule has 0 aliphatic heterocycles. The molecule has 6 aromatic carbocycles. The summed E-state index contributed by atoms with van der Waals surface area (Å²) in [6.07, 6.45) is 10.9. The number of fused-ring (bicyclic) bond motifs is 2. The predicted octanol–water partition coefficient (Wildman–Crippen LogP) is 12.7. The molecule has 0 aliphatic carbocycles. The van der Waals surface area contributed by atoms with Gasteiger partial charge in [0, 0.05) is 9.52 Å². The first-order valence-corrected chi connectivity index (χ1v) is 23.3. The molecule has 0 amide bonds. The van der Waals surface area contributed by atoms with Gasteiger partial charge in [-0.2, -0.15) is 12.1 Å². The van der Waals surface area contributed by atoms with Crippen molar-refractivity contribution in [3.8, 4) is 0 Å². The van der Waals surface area contributed by atoms with Crippen LogP contribution in [-0.2, 0) is 33.7 Å². The molecule has 2 radical (unpaired) electrons. The van der Waals surface area contributed by atoms with Gasteiger partial charge < -0.3 is 0 Å². The van der Waals surface area contributed by atoms with Crippen LogP contribution in [-0.4, -0.2) is 9.52 Å². The molecular formula is C40H40Cl2SiZr. The zero-order chi connectivity index (χ0) is 31.6. The van der Waals surface area contributed by atoms with E-state index in [0.717, 1.165) is 22.4 Å². The van der Waals surface area contributed by atoms with Crippen LogP contribution in [0.25, 0.3) is 45.8 Å². The topological polar surface area (TPSA) is 0 Å². The van der Waals surface area contributed by atoms with E-state index >= 15 is 0 Å². The van der Waals surface area contributed by atoms with Gasteiger partial charge >= 0.3 is 37.9 Å². The maximum absolute atomic E-state index is 4.93. The van der Waals surface area contributed by atoms with Gasteiger partial charge in [-0.25, -0.2) is 0 Å². The zero-order valence-electron chi connectivity index (χ0n) is 26.0. The standard InChI is InChI=1S/2C19H17.C2H6Si.2ClH.Zr/c2*1-2-15-13-18-10-6-9-17(19(18)14-15)12-11-16-7-4-3-5-8-16;1-3-2;;;/h2*3-14H,2H2,1H3;1-2H3;2*1H;/q2*-1;;;;+4/p-2. The summed E-state index contributed by atoms with van der Waals surface area (Å²) in [5.41, 5.74) is 7.89.